The van der Waals surface area contributed by atoms with Crippen molar-refractivity contribution in [1.82, 2.24) is 20.0 Å². The zero-order valence-electron chi connectivity index (χ0n) is 19.5. The molecular weight excluding hydrogens is 412 g/mol. The van der Waals surface area contributed by atoms with Crippen molar-refractivity contribution in [1.29, 1.82) is 0 Å². The second-order valence-corrected chi connectivity index (χ2v) is 8.26. The molecule has 0 aromatic heterocycles. The van der Waals surface area contributed by atoms with Gasteiger partial charge in [-0.25, -0.2) is 0 Å². The highest BCUT2D eigenvalue weighted by atomic mass is 16.5. The van der Waals surface area contributed by atoms with E-state index in [4.69, 9.17) is 14.2 Å². The molecule has 0 radical (unpaired) electrons. The van der Waals surface area contributed by atoms with Gasteiger partial charge in [-0.2, -0.15) is 0 Å². The first-order valence-electron chi connectivity index (χ1n) is 11.3. The van der Waals surface area contributed by atoms with Gasteiger partial charge in [0.05, 0.1) is 39.9 Å². The van der Waals surface area contributed by atoms with Gasteiger partial charge in [0.1, 0.15) is 0 Å². The Kier molecular flexibility index (Phi) is 9.13. The maximum atomic E-state index is 12.9. The molecule has 9 nitrogen and oxygen atoms in total. The number of carbonyl (C=O) groups excluding carboxylic acids is 2. The number of nitrogens with zero attached hydrogens (tertiary/aromatic N) is 3. The van der Waals surface area contributed by atoms with E-state index in [1.165, 1.54) is 0 Å². The van der Waals surface area contributed by atoms with Gasteiger partial charge in [-0.15, -0.1) is 0 Å². The molecule has 1 N–H and O–H groups in total. The number of morpholine rings is 1. The van der Waals surface area contributed by atoms with Crippen molar-refractivity contribution >= 4 is 11.8 Å². The fourth-order valence-corrected chi connectivity index (χ4v) is 4.27. The Morgan fingerprint density at radius 3 is 2.72 bits per heavy atom. The van der Waals surface area contributed by atoms with Crippen molar-refractivity contribution < 1.29 is 23.8 Å². The minimum absolute atomic E-state index is 0.0170. The van der Waals surface area contributed by atoms with E-state index in [0.717, 1.165) is 44.8 Å². The van der Waals surface area contributed by atoms with E-state index >= 15 is 0 Å². The summed E-state index contributed by atoms with van der Waals surface area (Å²) >= 11 is 0. The molecule has 1 unspecified atom stereocenters. The lowest BCUT2D eigenvalue weighted by molar-refractivity contribution is -0.138. The van der Waals surface area contributed by atoms with E-state index < -0.39 is 6.04 Å². The topological polar surface area (TPSA) is 83.6 Å². The number of para-hydroxylation sites is 1. The lowest BCUT2D eigenvalue weighted by atomic mass is 10.1. The van der Waals surface area contributed by atoms with Gasteiger partial charge in [0.15, 0.2) is 11.5 Å². The van der Waals surface area contributed by atoms with Crippen molar-refractivity contribution in [2.45, 2.75) is 25.4 Å². The monoisotopic (exact) mass is 448 g/mol. The van der Waals surface area contributed by atoms with Crippen LogP contribution in [0.1, 0.15) is 18.4 Å². The minimum Gasteiger partial charge on any atom is -0.493 e. The highest BCUT2D eigenvalue weighted by molar-refractivity contribution is 5.88. The van der Waals surface area contributed by atoms with Crippen LogP contribution in [-0.4, -0.2) is 106 Å². The molecular formula is C23H36N4O5. The molecule has 0 bridgehead atoms. The predicted molar refractivity (Wildman–Crippen MR) is 121 cm³/mol. The number of benzene rings is 1. The van der Waals surface area contributed by atoms with Gasteiger partial charge in [-0.1, -0.05) is 12.1 Å². The highest BCUT2D eigenvalue weighted by Gasteiger charge is 2.33. The molecule has 0 saturated carbocycles. The van der Waals surface area contributed by atoms with Gasteiger partial charge < -0.3 is 24.4 Å². The second kappa shape index (κ2) is 12.0. The summed E-state index contributed by atoms with van der Waals surface area (Å²) in [6.45, 7) is 6.81. The van der Waals surface area contributed by atoms with Gasteiger partial charge in [-0.05, 0) is 12.5 Å². The number of hydrogen-bond donors (Lipinski definition) is 1. The summed E-state index contributed by atoms with van der Waals surface area (Å²) < 4.78 is 16.3. The molecule has 1 aromatic carbocycles. The van der Waals surface area contributed by atoms with Crippen LogP contribution in [-0.2, 0) is 20.9 Å². The molecule has 2 fully saturated rings. The first-order valence-corrected chi connectivity index (χ1v) is 11.3. The van der Waals surface area contributed by atoms with Crippen molar-refractivity contribution in [3.63, 3.8) is 0 Å². The number of carbonyl (C=O) groups is 2. The Bertz CT molecular complexity index is 769. The van der Waals surface area contributed by atoms with Crippen LogP contribution in [0.25, 0.3) is 0 Å². The molecule has 0 spiro atoms. The van der Waals surface area contributed by atoms with Gasteiger partial charge in [0, 0.05) is 58.4 Å². The summed E-state index contributed by atoms with van der Waals surface area (Å²) in [5.74, 6) is 1.19. The molecule has 9 heteroatoms. The zero-order valence-corrected chi connectivity index (χ0v) is 19.5. The van der Waals surface area contributed by atoms with E-state index in [1.807, 2.05) is 25.2 Å². The molecule has 0 aliphatic carbocycles. The molecule has 2 aliphatic rings. The highest BCUT2D eigenvalue weighted by Crippen LogP contribution is 2.32. The third-order valence-electron chi connectivity index (χ3n) is 6.16. The van der Waals surface area contributed by atoms with Crippen LogP contribution >= 0.6 is 0 Å². The summed E-state index contributed by atoms with van der Waals surface area (Å²) in [4.78, 5) is 31.7. The third-order valence-corrected chi connectivity index (χ3v) is 6.16. The Labute approximate surface area is 190 Å². The third kappa shape index (κ3) is 6.34. The van der Waals surface area contributed by atoms with Crippen molar-refractivity contribution in [2.24, 2.45) is 0 Å². The van der Waals surface area contributed by atoms with Crippen molar-refractivity contribution in [3.05, 3.63) is 23.8 Å². The average Bonchev–Trinajstić information content (AvgIpc) is 2.81. The minimum atomic E-state index is -0.506. The predicted octanol–water partition coefficient (Wildman–Crippen LogP) is 0.575. The number of hydrogen-bond acceptors (Lipinski definition) is 7. The fraction of sp³-hybridized carbons (Fsp3) is 0.652. The Morgan fingerprint density at radius 1 is 1.22 bits per heavy atom. The number of rotatable bonds is 10. The van der Waals surface area contributed by atoms with Crippen LogP contribution < -0.4 is 14.8 Å². The molecule has 178 valence electrons. The van der Waals surface area contributed by atoms with Crippen LogP contribution in [0, 0.1) is 0 Å². The zero-order chi connectivity index (χ0) is 22.9. The summed E-state index contributed by atoms with van der Waals surface area (Å²) in [7, 11) is 5.03. The maximum Gasteiger partial charge on any atom is 0.237 e. The molecule has 2 aliphatic heterocycles. The van der Waals surface area contributed by atoms with E-state index in [2.05, 4.69) is 15.1 Å². The lowest BCUT2D eigenvalue weighted by Gasteiger charge is -2.35. The summed E-state index contributed by atoms with van der Waals surface area (Å²) in [6, 6.07) is 5.21. The number of piperazine rings is 1. The van der Waals surface area contributed by atoms with E-state index in [-0.39, 0.29) is 18.2 Å². The normalized spacial score (nSPS) is 20.0. The summed E-state index contributed by atoms with van der Waals surface area (Å²) in [5, 5.41) is 2.90. The van der Waals surface area contributed by atoms with Gasteiger partial charge in [0.25, 0.3) is 0 Å². The van der Waals surface area contributed by atoms with Gasteiger partial charge in [-0.3, -0.25) is 19.4 Å². The number of amides is 2. The fourth-order valence-electron chi connectivity index (χ4n) is 4.27. The molecule has 2 heterocycles. The summed E-state index contributed by atoms with van der Waals surface area (Å²) in [6.07, 6.45) is 1.07. The van der Waals surface area contributed by atoms with Crippen LogP contribution in [0.3, 0.4) is 0 Å². The van der Waals surface area contributed by atoms with E-state index in [9.17, 15) is 9.59 Å². The summed E-state index contributed by atoms with van der Waals surface area (Å²) in [5.41, 5.74) is 0.929. The van der Waals surface area contributed by atoms with Gasteiger partial charge in [0.2, 0.25) is 11.8 Å². The van der Waals surface area contributed by atoms with Crippen molar-refractivity contribution in [2.75, 3.05) is 73.7 Å². The largest absolute Gasteiger partial charge is 0.493 e. The van der Waals surface area contributed by atoms with Crippen LogP contribution in [0.2, 0.25) is 0 Å². The van der Waals surface area contributed by atoms with Gasteiger partial charge >= 0.3 is 0 Å². The average molecular weight is 449 g/mol. The molecule has 2 saturated heterocycles. The number of ether oxygens (including phenoxy) is 3. The van der Waals surface area contributed by atoms with E-state index in [1.54, 1.807) is 19.1 Å². The Morgan fingerprint density at radius 2 is 2.00 bits per heavy atom. The molecule has 32 heavy (non-hydrogen) atoms. The standard InChI is InChI=1S/C23H36N4O5/c1-25(9-5-10-26-12-14-32-15-13-26)21(28)16-19-23(29)24-8-11-27(19)17-18-6-4-7-20(30-2)22(18)31-3/h4,6-7,19H,5,8-17H2,1-3H3,(H,24,29). The second-order valence-electron chi connectivity index (χ2n) is 8.26. The smallest absolute Gasteiger partial charge is 0.237 e. The molecule has 1 aromatic rings. The van der Waals surface area contributed by atoms with E-state index in [0.29, 0.717) is 37.7 Å². The quantitative estimate of drug-likeness (QED) is 0.560. The first-order chi connectivity index (χ1) is 15.5. The Balaban J connectivity index is 1.58. The van der Waals surface area contributed by atoms with Crippen LogP contribution in [0.15, 0.2) is 18.2 Å². The van der Waals surface area contributed by atoms with Crippen LogP contribution in [0.4, 0.5) is 0 Å². The Hall–Kier alpha value is -2.36. The SMILES string of the molecule is COc1cccc(CN2CCNC(=O)C2CC(=O)N(C)CCCN2CCOCC2)c1OC. The molecule has 3 rings (SSSR count). The number of methoxy groups -OCH3 is 2. The van der Waals surface area contributed by atoms with Crippen LogP contribution in [0.5, 0.6) is 11.5 Å². The molecule has 1 atom stereocenters. The maximum absolute atomic E-state index is 12.9. The lowest BCUT2D eigenvalue weighted by Crippen LogP contribution is -2.56. The molecule has 2 amide bonds. The number of nitrogens with one attached hydrogen (secondary N) is 1. The first kappa shape index (κ1) is 24.3. The van der Waals surface area contributed by atoms with Crippen molar-refractivity contribution in [3.8, 4) is 11.5 Å².